The number of carbonyl (C=O) groups excluding carboxylic acids is 1. The van der Waals surface area contributed by atoms with Crippen molar-refractivity contribution < 1.29 is 19.0 Å². The second-order valence-corrected chi connectivity index (χ2v) is 8.53. The summed E-state index contributed by atoms with van der Waals surface area (Å²) in [5.41, 5.74) is 8.22. The SMILES string of the molecule is CCOC(=O)C1=C(C)OC(N)=C(C#N)C1c1ccccc1Oc1ccc(C(C)(C)C)cc1. The Balaban J connectivity index is 2.07. The van der Waals surface area contributed by atoms with E-state index >= 15 is 0 Å². The highest BCUT2D eigenvalue weighted by Crippen LogP contribution is 2.43. The van der Waals surface area contributed by atoms with E-state index in [4.69, 9.17) is 19.9 Å². The number of carbonyl (C=O) groups is 1. The summed E-state index contributed by atoms with van der Waals surface area (Å²) < 4.78 is 16.9. The van der Waals surface area contributed by atoms with Crippen molar-refractivity contribution in [3.63, 3.8) is 0 Å². The van der Waals surface area contributed by atoms with Gasteiger partial charge in [0.05, 0.1) is 18.1 Å². The fourth-order valence-corrected chi connectivity index (χ4v) is 3.63. The molecule has 0 aromatic heterocycles. The average Bonchev–Trinajstić information content (AvgIpc) is 2.73. The van der Waals surface area contributed by atoms with E-state index in [9.17, 15) is 10.1 Å². The van der Waals surface area contributed by atoms with E-state index in [1.807, 2.05) is 42.5 Å². The van der Waals surface area contributed by atoms with Gasteiger partial charge in [-0.15, -0.1) is 0 Å². The summed E-state index contributed by atoms with van der Waals surface area (Å²) >= 11 is 0. The fourth-order valence-electron chi connectivity index (χ4n) is 3.63. The summed E-state index contributed by atoms with van der Waals surface area (Å²) in [6.45, 7) is 10.00. The molecule has 2 aromatic carbocycles. The summed E-state index contributed by atoms with van der Waals surface area (Å²) in [5.74, 6) is 0.100. The maximum atomic E-state index is 12.8. The van der Waals surface area contributed by atoms with Gasteiger partial charge in [-0.05, 0) is 43.0 Å². The molecule has 2 aromatic rings. The Hall–Kier alpha value is -3.72. The molecule has 0 amide bonds. The van der Waals surface area contributed by atoms with Crippen LogP contribution in [0, 0.1) is 11.3 Å². The van der Waals surface area contributed by atoms with Gasteiger partial charge in [-0.2, -0.15) is 5.26 Å². The van der Waals surface area contributed by atoms with Crippen LogP contribution in [0.4, 0.5) is 0 Å². The predicted molar refractivity (Wildman–Crippen MR) is 122 cm³/mol. The Kier molecular flexibility index (Phi) is 6.59. The molecule has 0 radical (unpaired) electrons. The van der Waals surface area contributed by atoms with Gasteiger partial charge in [0.15, 0.2) is 0 Å². The minimum Gasteiger partial charge on any atom is -0.463 e. The third-order valence-corrected chi connectivity index (χ3v) is 5.28. The highest BCUT2D eigenvalue weighted by molar-refractivity contribution is 5.92. The van der Waals surface area contributed by atoms with E-state index in [0.717, 1.165) is 0 Å². The van der Waals surface area contributed by atoms with E-state index in [2.05, 4.69) is 26.8 Å². The number of para-hydroxylation sites is 1. The lowest BCUT2D eigenvalue weighted by Crippen LogP contribution is -2.25. The first-order valence-corrected chi connectivity index (χ1v) is 10.5. The lowest BCUT2D eigenvalue weighted by atomic mass is 9.82. The van der Waals surface area contributed by atoms with Crippen LogP contribution >= 0.6 is 0 Å². The zero-order valence-corrected chi connectivity index (χ0v) is 19.1. The van der Waals surface area contributed by atoms with E-state index in [1.54, 1.807) is 19.9 Å². The zero-order chi connectivity index (χ0) is 23.5. The Morgan fingerprint density at radius 3 is 2.41 bits per heavy atom. The van der Waals surface area contributed by atoms with Crippen molar-refractivity contribution >= 4 is 5.97 Å². The maximum absolute atomic E-state index is 12.8. The molecule has 0 saturated carbocycles. The van der Waals surface area contributed by atoms with Gasteiger partial charge in [0, 0.05) is 5.56 Å². The zero-order valence-electron chi connectivity index (χ0n) is 19.1. The van der Waals surface area contributed by atoms with Crippen molar-refractivity contribution in [3.05, 3.63) is 82.4 Å². The molecule has 1 heterocycles. The number of rotatable bonds is 5. The Labute approximate surface area is 188 Å². The van der Waals surface area contributed by atoms with Crippen LogP contribution in [-0.2, 0) is 19.7 Å². The molecule has 1 atom stereocenters. The van der Waals surface area contributed by atoms with Crippen molar-refractivity contribution in [1.82, 2.24) is 0 Å². The number of hydrogen-bond donors (Lipinski definition) is 1. The molecule has 3 rings (SSSR count). The number of esters is 1. The van der Waals surface area contributed by atoms with Gasteiger partial charge in [-0.25, -0.2) is 4.79 Å². The largest absolute Gasteiger partial charge is 0.463 e. The second-order valence-electron chi connectivity index (χ2n) is 8.53. The third kappa shape index (κ3) is 4.62. The van der Waals surface area contributed by atoms with Crippen LogP contribution in [0.5, 0.6) is 11.5 Å². The molecule has 32 heavy (non-hydrogen) atoms. The lowest BCUT2D eigenvalue weighted by Gasteiger charge is -2.28. The summed E-state index contributed by atoms with van der Waals surface area (Å²) in [6, 6.07) is 17.2. The Morgan fingerprint density at radius 1 is 1.16 bits per heavy atom. The molecular formula is C26H28N2O4. The van der Waals surface area contributed by atoms with E-state index in [0.29, 0.717) is 22.8 Å². The summed E-state index contributed by atoms with van der Waals surface area (Å²) in [5, 5.41) is 9.81. The minimum absolute atomic E-state index is 0.0272. The first-order chi connectivity index (χ1) is 15.2. The van der Waals surface area contributed by atoms with Crippen LogP contribution in [0.1, 0.15) is 51.7 Å². The molecule has 1 aliphatic rings. The Bertz CT molecular complexity index is 1120. The van der Waals surface area contributed by atoms with Crippen molar-refractivity contribution in [2.24, 2.45) is 5.73 Å². The van der Waals surface area contributed by atoms with E-state index < -0.39 is 11.9 Å². The highest BCUT2D eigenvalue weighted by Gasteiger charge is 2.37. The second kappa shape index (κ2) is 9.19. The summed E-state index contributed by atoms with van der Waals surface area (Å²) in [7, 11) is 0. The first-order valence-electron chi connectivity index (χ1n) is 10.5. The van der Waals surface area contributed by atoms with Crippen molar-refractivity contribution in [2.45, 2.75) is 46.0 Å². The Morgan fingerprint density at radius 2 is 1.81 bits per heavy atom. The summed E-state index contributed by atoms with van der Waals surface area (Å²) in [6.07, 6.45) is 0. The molecular weight excluding hydrogens is 404 g/mol. The molecule has 6 heteroatoms. The van der Waals surface area contributed by atoms with Crippen molar-refractivity contribution in [3.8, 4) is 17.6 Å². The molecule has 1 unspecified atom stereocenters. The van der Waals surface area contributed by atoms with Crippen LogP contribution in [-0.4, -0.2) is 12.6 Å². The first kappa shape index (κ1) is 23.0. The third-order valence-electron chi connectivity index (χ3n) is 5.28. The van der Waals surface area contributed by atoms with Crippen LogP contribution in [0.3, 0.4) is 0 Å². The van der Waals surface area contributed by atoms with Crippen LogP contribution in [0.15, 0.2) is 71.3 Å². The van der Waals surface area contributed by atoms with Crippen LogP contribution in [0.25, 0.3) is 0 Å². The van der Waals surface area contributed by atoms with Crippen LogP contribution < -0.4 is 10.5 Å². The maximum Gasteiger partial charge on any atom is 0.338 e. The molecule has 0 bridgehead atoms. The monoisotopic (exact) mass is 432 g/mol. The topological polar surface area (TPSA) is 94.6 Å². The fraction of sp³-hybridized carbons (Fsp3) is 0.308. The number of benzene rings is 2. The standard InChI is InChI=1S/C26H28N2O4/c1-6-30-25(29)22-16(2)31-24(28)20(15-27)23(22)19-9-7-8-10-21(19)32-18-13-11-17(12-14-18)26(3,4)5/h7-14,23H,6,28H2,1-5H3. The normalized spacial score (nSPS) is 16.3. The average molecular weight is 433 g/mol. The molecule has 0 saturated heterocycles. The number of nitrogens with zero attached hydrogens (tertiary/aromatic N) is 1. The van der Waals surface area contributed by atoms with Gasteiger partial charge in [-0.1, -0.05) is 51.1 Å². The summed E-state index contributed by atoms with van der Waals surface area (Å²) in [4.78, 5) is 12.8. The quantitative estimate of drug-likeness (QED) is 0.634. The van der Waals surface area contributed by atoms with Gasteiger partial charge in [0.25, 0.3) is 0 Å². The number of nitriles is 1. The highest BCUT2D eigenvalue weighted by atomic mass is 16.5. The van der Waals surface area contributed by atoms with Crippen molar-refractivity contribution in [1.29, 1.82) is 5.26 Å². The number of ether oxygens (including phenoxy) is 3. The number of nitrogens with two attached hydrogens (primary N) is 1. The van der Waals surface area contributed by atoms with E-state index in [-0.39, 0.29) is 29.1 Å². The minimum atomic E-state index is -0.766. The van der Waals surface area contributed by atoms with Gasteiger partial charge in [0.2, 0.25) is 5.88 Å². The molecule has 6 nitrogen and oxygen atoms in total. The van der Waals surface area contributed by atoms with E-state index in [1.165, 1.54) is 5.56 Å². The van der Waals surface area contributed by atoms with Crippen LogP contribution in [0.2, 0.25) is 0 Å². The molecule has 0 spiro atoms. The molecule has 166 valence electrons. The number of hydrogen-bond acceptors (Lipinski definition) is 6. The lowest BCUT2D eigenvalue weighted by molar-refractivity contribution is -0.139. The molecule has 2 N–H and O–H groups in total. The number of allylic oxidation sites excluding steroid dienone is 2. The molecule has 0 fully saturated rings. The van der Waals surface area contributed by atoms with Crippen molar-refractivity contribution in [2.75, 3.05) is 6.61 Å². The van der Waals surface area contributed by atoms with Gasteiger partial charge in [0.1, 0.15) is 28.9 Å². The van der Waals surface area contributed by atoms with Gasteiger partial charge >= 0.3 is 5.97 Å². The van der Waals surface area contributed by atoms with Gasteiger partial charge in [-0.3, -0.25) is 0 Å². The smallest absolute Gasteiger partial charge is 0.338 e. The van der Waals surface area contributed by atoms with Gasteiger partial charge < -0.3 is 19.9 Å². The molecule has 1 aliphatic heterocycles. The predicted octanol–water partition coefficient (Wildman–Crippen LogP) is 5.42. The molecule has 0 aliphatic carbocycles.